The predicted octanol–water partition coefficient (Wildman–Crippen LogP) is 3.83. The molecule has 1 heterocycles. The summed E-state index contributed by atoms with van der Waals surface area (Å²) < 4.78 is 0. The average Bonchev–Trinajstić information content (AvgIpc) is 2.47. The molecule has 0 aliphatic rings. The first-order valence-corrected chi connectivity index (χ1v) is 6.27. The van der Waals surface area contributed by atoms with Crippen molar-refractivity contribution in [2.75, 3.05) is 0 Å². The van der Waals surface area contributed by atoms with Gasteiger partial charge in [0, 0.05) is 16.3 Å². The zero-order chi connectivity index (χ0) is 12.8. The molecule has 0 aliphatic heterocycles. The quantitative estimate of drug-likeness (QED) is 0.469. The van der Waals surface area contributed by atoms with Crippen LogP contribution in [0.15, 0.2) is 65.5 Å². The molecule has 3 aromatic carbocycles. The molecular formula is C17H11NO. The van der Waals surface area contributed by atoms with E-state index in [2.05, 4.69) is 17.1 Å². The van der Waals surface area contributed by atoms with Crippen molar-refractivity contribution in [3.63, 3.8) is 0 Å². The first-order chi connectivity index (χ1) is 9.34. The highest BCUT2D eigenvalue weighted by atomic mass is 16.1. The minimum absolute atomic E-state index is 0.0293. The molecule has 0 fully saturated rings. The van der Waals surface area contributed by atoms with Crippen molar-refractivity contribution in [2.45, 2.75) is 0 Å². The average molecular weight is 245 g/mol. The van der Waals surface area contributed by atoms with Crippen molar-refractivity contribution in [3.05, 3.63) is 71.0 Å². The number of aromatic nitrogens is 1. The topological polar surface area (TPSA) is 32.9 Å². The van der Waals surface area contributed by atoms with Gasteiger partial charge in [-0.2, -0.15) is 0 Å². The van der Waals surface area contributed by atoms with E-state index in [0.29, 0.717) is 0 Å². The molecule has 0 radical (unpaired) electrons. The van der Waals surface area contributed by atoms with Crippen LogP contribution >= 0.6 is 0 Å². The SMILES string of the molecule is O=c1[nH]c2ccc3ccccc3c2c2ccccc12. The lowest BCUT2D eigenvalue weighted by molar-refractivity contribution is 1.35. The van der Waals surface area contributed by atoms with Crippen LogP contribution in [0.3, 0.4) is 0 Å². The Bertz CT molecular complexity index is 982. The standard InChI is InChI=1S/C17H11NO/c19-17-14-8-4-3-7-13(14)16-12-6-2-1-5-11(12)9-10-15(16)18-17/h1-10H,(H,18,19). The van der Waals surface area contributed by atoms with Gasteiger partial charge < -0.3 is 4.98 Å². The summed E-state index contributed by atoms with van der Waals surface area (Å²) >= 11 is 0. The third-order valence-electron chi connectivity index (χ3n) is 3.62. The largest absolute Gasteiger partial charge is 0.321 e. The van der Waals surface area contributed by atoms with Crippen LogP contribution < -0.4 is 5.56 Å². The molecule has 0 saturated carbocycles. The van der Waals surface area contributed by atoms with E-state index < -0.39 is 0 Å². The molecule has 0 saturated heterocycles. The number of pyridine rings is 1. The Balaban J connectivity index is 2.43. The number of H-pyrrole nitrogens is 1. The van der Waals surface area contributed by atoms with E-state index >= 15 is 0 Å². The fraction of sp³-hybridized carbons (Fsp3) is 0. The first kappa shape index (κ1) is 10.3. The van der Waals surface area contributed by atoms with Gasteiger partial charge in [0.05, 0.1) is 0 Å². The third-order valence-corrected chi connectivity index (χ3v) is 3.62. The van der Waals surface area contributed by atoms with Gasteiger partial charge >= 0.3 is 0 Å². The number of aromatic amines is 1. The fourth-order valence-electron chi connectivity index (χ4n) is 2.75. The molecule has 0 aliphatic carbocycles. The Hall–Kier alpha value is -2.61. The lowest BCUT2D eigenvalue weighted by Gasteiger charge is -2.07. The number of hydrogen-bond acceptors (Lipinski definition) is 1. The molecule has 2 heteroatoms. The molecule has 0 amide bonds. The normalized spacial score (nSPS) is 11.4. The van der Waals surface area contributed by atoms with E-state index in [4.69, 9.17) is 0 Å². The van der Waals surface area contributed by atoms with Gasteiger partial charge in [-0.25, -0.2) is 0 Å². The maximum atomic E-state index is 12.1. The van der Waals surface area contributed by atoms with Crippen molar-refractivity contribution in [1.29, 1.82) is 0 Å². The lowest BCUT2D eigenvalue weighted by atomic mass is 10.0. The first-order valence-electron chi connectivity index (χ1n) is 6.27. The van der Waals surface area contributed by atoms with Crippen LogP contribution in [0, 0.1) is 0 Å². The van der Waals surface area contributed by atoms with Gasteiger partial charge in [-0.05, 0) is 28.3 Å². The Morgan fingerprint density at radius 3 is 2.21 bits per heavy atom. The van der Waals surface area contributed by atoms with Crippen molar-refractivity contribution >= 4 is 32.4 Å². The maximum Gasteiger partial charge on any atom is 0.256 e. The third kappa shape index (κ3) is 1.40. The highest BCUT2D eigenvalue weighted by Gasteiger charge is 2.07. The number of hydrogen-bond donors (Lipinski definition) is 1. The highest BCUT2D eigenvalue weighted by Crippen LogP contribution is 2.28. The van der Waals surface area contributed by atoms with Crippen molar-refractivity contribution < 1.29 is 0 Å². The minimum Gasteiger partial charge on any atom is -0.321 e. The molecule has 1 N–H and O–H groups in total. The summed E-state index contributed by atoms with van der Waals surface area (Å²) in [7, 11) is 0. The summed E-state index contributed by atoms with van der Waals surface area (Å²) in [6, 6.07) is 20.0. The van der Waals surface area contributed by atoms with E-state index in [1.165, 1.54) is 10.8 Å². The summed E-state index contributed by atoms with van der Waals surface area (Å²) in [5, 5.41) is 5.23. The molecule has 0 bridgehead atoms. The zero-order valence-corrected chi connectivity index (χ0v) is 10.2. The lowest BCUT2D eigenvalue weighted by Crippen LogP contribution is -2.06. The zero-order valence-electron chi connectivity index (χ0n) is 10.2. The highest BCUT2D eigenvalue weighted by molar-refractivity contribution is 6.18. The van der Waals surface area contributed by atoms with Gasteiger partial charge in [-0.15, -0.1) is 0 Å². The van der Waals surface area contributed by atoms with Gasteiger partial charge in [0.25, 0.3) is 5.56 Å². The van der Waals surface area contributed by atoms with Gasteiger partial charge in [0.1, 0.15) is 0 Å². The Morgan fingerprint density at radius 1 is 0.684 bits per heavy atom. The molecule has 0 atom stereocenters. The van der Waals surface area contributed by atoms with Crippen molar-refractivity contribution in [1.82, 2.24) is 4.98 Å². The summed E-state index contributed by atoms with van der Waals surface area (Å²) in [5.41, 5.74) is 0.862. The van der Waals surface area contributed by atoms with Gasteiger partial charge in [-0.1, -0.05) is 48.5 Å². The van der Waals surface area contributed by atoms with Gasteiger partial charge in [0.15, 0.2) is 0 Å². The second-order valence-electron chi connectivity index (χ2n) is 4.71. The Morgan fingerprint density at radius 2 is 1.37 bits per heavy atom. The minimum atomic E-state index is -0.0293. The molecule has 1 aromatic heterocycles. The van der Waals surface area contributed by atoms with Gasteiger partial charge in [0.2, 0.25) is 0 Å². The monoisotopic (exact) mass is 245 g/mol. The number of fused-ring (bicyclic) bond motifs is 5. The fourth-order valence-corrected chi connectivity index (χ4v) is 2.75. The molecule has 0 unspecified atom stereocenters. The number of rotatable bonds is 0. The summed E-state index contributed by atoms with van der Waals surface area (Å²) in [4.78, 5) is 15.0. The maximum absolute atomic E-state index is 12.1. The van der Waals surface area contributed by atoms with Gasteiger partial charge in [-0.3, -0.25) is 4.79 Å². The second-order valence-corrected chi connectivity index (χ2v) is 4.71. The summed E-state index contributed by atoms with van der Waals surface area (Å²) in [5.74, 6) is 0. The Labute approximate surface area is 109 Å². The van der Waals surface area contributed by atoms with E-state index in [1.807, 2.05) is 48.5 Å². The number of nitrogens with one attached hydrogen (secondary N) is 1. The van der Waals surface area contributed by atoms with E-state index in [0.717, 1.165) is 21.7 Å². The van der Waals surface area contributed by atoms with E-state index in [9.17, 15) is 4.79 Å². The van der Waals surface area contributed by atoms with E-state index in [-0.39, 0.29) is 5.56 Å². The molecule has 0 spiro atoms. The molecule has 90 valence electrons. The molecule has 19 heavy (non-hydrogen) atoms. The number of benzene rings is 3. The van der Waals surface area contributed by atoms with Crippen LogP contribution in [0.1, 0.15) is 0 Å². The molecule has 4 rings (SSSR count). The predicted molar refractivity (Wildman–Crippen MR) is 79.6 cm³/mol. The Kier molecular flexibility index (Phi) is 2.00. The van der Waals surface area contributed by atoms with Crippen molar-refractivity contribution in [3.8, 4) is 0 Å². The molecule has 4 aromatic rings. The van der Waals surface area contributed by atoms with Crippen molar-refractivity contribution in [2.24, 2.45) is 0 Å². The summed E-state index contributed by atoms with van der Waals surface area (Å²) in [6.45, 7) is 0. The summed E-state index contributed by atoms with van der Waals surface area (Å²) in [6.07, 6.45) is 0. The smallest absolute Gasteiger partial charge is 0.256 e. The van der Waals surface area contributed by atoms with Crippen LogP contribution in [0.25, 0.3) is 32.4 Å². The van der Waals surface area contributed by atoms with Crippen LogP contribution in [-0.4, -0.2) is 4.98 Å². The van der Waals surface area contributed by atoms with Crippen LogP contribution in [0.2, 0.25) is 0 Å². The molecular weight excluding hydrogens is 234 g/mol. The van der Waals surface area contributed by atoms with Crippen LogP contribution in [0.4, 0.5) is 0 Å². The van der Waals surface area contributed by atoms with E-state index in [1.54, 1.807) is 0 Å². The van der Waals surface area contributed by atoms with Crippen LogP contribution in [-0.2, 0) is 0 Å². The van der Waals surface area contributed by atoms with Crippen LogP contribution in [0.5, 0.6) is 0 Å². The second kappa shape index (κ2) is 3.69. The molecule has 2 nitrogen and oxygen atoms in total.